The zero-order valence-corrected chi connectivity index (χ0v) is 14.2. The van der Waals surface area contributed by atoms with Crippen LogP contribution in [0.15, 0.2) is 47.4 Å². The van der Waals surface area contributed by atoms with E-state index in [1.807, 2.05) is 32.0 Å². The molecule has 0 unspecified atom stereocenters. The van der Waals surface area contributed by atoms with E-state index in [4.69, 9.17) is 0 Å². The van der Waals surface area contributed by atoms with E-state index in [1.54, 1.807) is 19.1 Å². The first-order valence-corrected chi connectivity index (χ1v) is 8.80. The molecule has 0 fully saturated rings. The van der Waals surface area contributed by atoms with Crippen molar-refractivity contribution in [2.24, 2.45) is 0 Å². The number of rotatable bonds is 5. The largest absolute Gasteiger partial charge is 0.322 e. The lowest BCUT2D eigenvalue weighted by atomic mass is 10.1. The van der Waals surface area contributed by atoms with Crippen molar-refractivity contribution in [1.82, 2.24) is 4.72 Å². The Morgan fingerprint density at radius 3 is 2.48 bits per heavy atom. The molecule has 1 amide bonds. The molecule has 6 heteroatoms. The summed E-state index contributed by atoms with van der Waals surface area (Å²) in [6.45, 7) is 5.89. The Balaban J connectivity index is 2.29. The monoisotopic (exact) mass is 332 g/mol. The number of hydrogen-bond donors (Lipinski definition) is 2. The van der Waals surface area contributed by atoms with Crippen LogP contribution in [-0.2, 0) is 10.0 Å². The first-order chi connectivity index (χ1) is 10.8. The van der Waals surface area contributed by atoms with Crippen molar-refractivity contribution in [2.75, 3.05) is 11.9 Å². The van der Waals surface area contributed by atoms with Gasteiger partial charge in [-0.1, -0.05) is 25.1 Å². The quantitative estimate of drug-likeness (QED) is 0.884. The third-order valence-electron chi connectivity index (χ3n) is 3.59. The molecule has 0 saturated carbocycles. The minimum atomic E-state index is -3.58. The average molecular weight is 332 g/mol. The number of aryl methyl sites for hydroxylation is 1. The van der Waals surface area contributed by atoms with E-state index >= 15 is 0 Å². The Bertz CT molecular complexity index is 829. The number of benzene rings is 2. The Labute approximate surface area is 136 Å². The Hall–Kier alpha value is -2.18. The summed E-state index contributed by atoms with van der Waals surface area (Å²) < 4.78 is 26.5. The number of sulfonamides is 1. The van der Waals surface area contributed by atoms with E-state index in [0.717, 1.165) is 16.8 Å². The highest BCUT2D eigenvalue weighted by molar-refractivity contribution is 7.89. The van der Waals surface area contributed by atoms with Crippen molar-refractivity contribution in [2.45, 2.75) is 25.7 Å². The van der Waals surface area contributed by atoms with Gasteiger partial charge in [-0.15, -0.1) is 0 Å². The van der Waals surface area contributed by atoms with Gasteiger partial charge >= 0.3 is 0 Å². The molecule has 5 nitrogen and oxygen atoms in total. The van der Waals surface area contributed by atoms with E-state index < -0.39 is 10.0 Å². The van der Waals surface area contributed by atoms with Crippen LogP contribution in [0.4, 0.5) is 5.69 Å². The van der Waals surface area contributed by atoms with Crippen molar-refractivity contribution in [3.63, 3.8) is 0 Å². The molecule has 0 aromatic heterocycles. The molecule has 0 bridgehead atoms. The minimum Gasteiger partial charge on any atom is -0.322 e. The molecule has 2 aromatic carbocycles. The lowest BCUT2D eigenvalue weighted by molar-refractivity contribution is 0.102. The summed E-state index contributed by atoms with van der Waals surface area (Å²) in [5, 5.41) is 2.82. The Kier molecular flexibility index (Phi) is 5.18. The molecule has 0 radical (unpaired) electrons. The molecule has 23 heavy (non-hydrogen) atoms. The van der Waals surface area contributed by atoms with Crippen LogP contribution in [0.2, 0.25) is 0 Å². The summed E-state index contributed by atoms with van der Waals surface area (Å²) in [7, 11) is -3.58. The standard InChI is InChI=1S/C17H20N2O3S/c1-4-18-23(21,22)15-9-6-8-14(11-15)17(20)19-16-10-5-7-12(2)13(16)3/h5-11,18H,4H2,1-3H3,(H,19,20). The number of hydrogen-bond acceptors (Lipinski definition) is 3. The smallest absolute Gasteiger partial charge is 0.255 e. The summed E-state index contributed by atoms with van der Waals surface area (Å²) in [6.07, 6.45) is 0. The van der Waals surface area contributed by atoms with E-state index in [9.17, 15) is 13.2 Å². The number of amides is 1. The van der Waals surface area contributed by atoms with Gasteiger partial charge in [0.05, 0.1) is 4.90 Å². The molecule has 2 aromatic rings. The first-order valence-electron chi connectivity index (χ1n) is 7.32. The van der Waals surface area contributed by atoms with Gasteiger partial charge in [0.25, 0.3) is 5.91 Å². The van der Waals surface area contributed by atoms with Gasteiger partial charge in [-0.3, -0.25) is 4.79 Å². The number of carbonyl (C=O) groups is 1. The van der Waals surface area contributed by atoms with Crippen LogP contribution in [0.5, 0.6) is 0 Å². The van der Waals surface area contributed by atoms with Crippen LogP contribution in [-0.4, -0.2) is 20.9 Å². The van der Waals surface area contributed by atoms with Crippen molar-refractivity contribution >= 4 is 21.6 Å². The highest BCUT2D eigenvalue weighted by Gasteiger charge is 2.15. The van der Waals surface area contributed by atoms with Crippen LogP contribution in [0.3, 0.4) is 0 Å². The normalized spacial score (nSPS) is 11.3. The second kappa shape index (κ2) is 6.93. The third kappa shape index (κ3) is 3.97. The van der Waals surface area contributed by atoms with Crippen LogP contribution in [0.1, 0.15) is 28.4 Å². The molecule has 0 spiro atoms. The summed E-state index contributed by atoms with van der Waals surface area (Å²) in [6, 6.07) is 11.6. The van der Waals surface area contributed by atoms with Gasteiger partial charge in [0.2, 0.25) is 10.0 Å². The molecule has 0 heterocycles. The second-order valence-corrected chi connectivity index (χ2v) is 7.00. The van der Waals surface area contributed by atoms with Gasteiger partial charge in [0.15, 0.2) is 0 Å². The highest BCUT2D eigenvalue weighted by Crippen LogP contribution is 2.19. The zero-order chi connectivity index (χ0) is 17.0. The molecule has 0 atom stereocenters. The lowest BCUT2D eigenvalue weighted by Crippen LogP contribution is -2.23. The Morgan fingerprint density at radius 1 is 1.09 bits per heavy atom. The summed E-state index contributed by atoms with van der Waals surface area (Å²) in [5.41, 5.74) is 3.07. The van der Waals surface area contributed by atoms with Crippen LogP contribution in [0, 0.1) is 13.8 Å². The molecule has 0 aliphatic carbocycles. The van der Waals surface area contributed by atoms with Gasteiger partial charge in [-0.25, -0.2) is 13.1 Å². The molecule has 0 aliphatic heterocycles. The highest BCUT2D eigenvalue weighted by atomic mass is 32.2. The molecule has 2 N–H and O–H groups in total. The average Bonchev–Trinajstić information content (AvgIpc) is 2.52. The maximum absolute atomic E-state index is 12.4. The van der Waals surface area contributed by atoms with Gasteiger partial charge in [0, 0.05) is 17.8 Å². The van der Waals surface area contributed by atoms with Gasteiger partial charge < -0.3 is 5.32 Å². The van der Waals surface area contributed by atoms with E-state index in [-0.39, 0.29) is 10.8 Å². The SMILES string of the molecule is CCNS(=O)(=O)c1cccc(C(=O)Nc2cccc(C)c2C)c1. The number of nitrogens with one attached hydrogen (secondary N) is 2. The van der Waals surface area contributed by atoms with E-state index in [0.29, 0.717) is 12.1 Å². The maximum Gasteiger partial charge on any atom is 0.255 e. The molecular weight excluding hydrogens is 312 g/mol. The maximum atomic E-state index is 12.4. The molecule has 2 rings (SSSR count). The number of carbonyl (C=O) groups excluding carboxylic acids is 1. The molecule has 122 valence electrons. The predicted molar refractivity (Wildman–Crippen MR) is 91.2 cm³/mol. The summed E-state index contributed by atoms with van der Waals surface area (Å²) >= 11 is 0. The topological polar surface area (TPSA) is 75.3 Å². The summed E-state index contributed by atoms with van der Waals surface area (Å²) in [5.74, 6) is -0.341. The fourth-order valence-electron chi connectivity index (χ4n) is 2.16. The van der Waals surface area contributed by atoms with Gasteiger partial charge in [0.1, 0.15) is 0 Å². The summed E-state index contributed by atoms with van der Waals surface area (Å²) in [4.78, 5) is 12.5. The molecule has 0 saturated heterocycles. The van der Waals surface area contributed by atoms with E-state index in [2.05, 4.69) is 10.0 Å². The number of anilines is 1. The molecular formula is C17H20N2O3S. The van der Waals surface area contributed by atoms with E-state index in [1.165, 1.54) is 12.1 Å². The van der Waals surface area contributed by atoms with Crippen molar-refractivity contribution < 1.29 is 13.2 Å². The van der Waals surface area contributed by atoms with Gasteiger partial charge in [-0.05, 0) is 49.2 Å². The third-order valence-corrected chi connectivity index (χ3v) is 5.14. The minimum absolute atomic E-state index is 0.0768. The zero-order valence-electron chi connectivity index (χ0n) is 13.4. The second-order valence-electron chi connectivity index (χ2n) is 5.23. The van der Waals surface area contributed by atoms with Gasteiger partial charge in [-0.2, -0.15) is 0 Å². The van der Waals surface area contributed by atoms with Crippen LogP contribution in [0.25, 0.3) is 0 Å². The fraction of sp³-hybridized carbons (Fsp3) is 0.235. The van der Waals surface area contributed by atoms with Crippen LogP contribution >= 0.6 is 0 Å². The van der Waals surface area contributed by atoms with Crippen molar-refractivity contribution in [3.05, 3.63) is 59.2 Å². The van der Waals surface area contributed by atoms with Crippen LogP contribution < -0.4 is 10.0 Å². The predicted octanol–water partition coefficient (Wildman–Crippen LogP) is 2.85. The Morgan fingerprint density at radius 2 is 1.78 bits per heavy atom. The molecule has 0 aliphatic rings. The lowest BCUT2D eigenvalue weighted by Gasteiger charge is -2.11. The fourth-order valence-corrected chi connectivity index (χ4v) is 3.25. The van der Waals surface area contributed by atoms with Crippen molar-refractivity contribution in [3.8, 4) is 0 Å². The van der Waals surface area contributed by atoms with Crippen molar-refractivity contribution in [1.29, 1.82) is 0 Å². The first kappa shape index (κ1) is 17.2.